The Morgan fingerprint density at radius 1 is 1.04 bits per heavy atom. The molecular formula is C19H20FN3O2. The number of nitrogens with zero attached hydrogens (tertiary/aromatic N) is 2. The Morgan fingerprint density at radius 3 is 2.68 bits per heavy atom. The SMILES string of the molecule is COc1ccc(CCCNc2ncnc3c(F)cccc23)cc1OC. The predicted octanol–water partition coefficient (Wildman–Crippen LogP) is 3.83. The summed E-state index contributed by atoms with van der Waals surface area (Å²) in [5, 5.41) is 3.95. The van der Waals surface area contributed by atoms with Crippen LogP contribution in [0.15, 0.2) is 42.7 Å². The fraction of sp³-hybridized carbons (Fsp3) is 0.263. The molecule has 0 fully saturated rings. The number of rotatable bonds is 7. The highest BCUT2D eigenvalue weighted by Gasteiger charge is 2.07. The third-order valence-corrected chi connectivity index (χ3v) is 4.00. The molecule has 0 saturated heterocycles. The lowest BCUT2D eigenvalue weighted by Gasteiger charge is -2.10. The van der Waals surface area contributed by atoms with Gasteiger partial charge in [-0.25, -0.2) is 14.4 Å². The van der Waals surface area contributed by atoms with Gasteiger partial charge in [-0.3, -0.25) is 0 Å². The molecular weight excluding hydrogens is 321 g/mol. The molecule has 1 heterocycles. The summed E-state index contributed by atoms with van der Waals surface area (Å²) in [5.41, 5.74) is 1.50. The van der Waals surface area contributed by atoms with Crippen LogP contribution in [-0.2, 0) is 6.42 Å². The second-order valence-electron chi connectivity index (χ2n) is 5.58. The molecule has 130 valence electrons. The number of ether oxygens (including phenoxy) is 2. The van der Waals surface area contributed by atoms with Gasteiger partial charge in [-0.2, -0.15) is 0 Å². The largest absolute Gasteiger partial charge is 0.493 e. The summed E-state index contributed by atoms with van der Waals surface area (Å²) in [7, 11) is 3.25. The van der Waals surface area contributed by atoms with E-state index in [0.717, 1.165) is 36.4 Å². The number of anilines is 1. The summed E-state index contributed by atoms with van der Waals surface area (Å²) in [6, 6.07) is 10.8. The first-order valence-electron chi connectivity index (χ1n) is 8.07. The Kier molecular flexibility index (Phi) is 5.28. The van der Waals surface area contributed by atoms with Crippen LogP contribution in [0.1, 0.15) is 12.0 Å². The van der Waals surface area contributed by atoms with Gasteiger partial charge in [0.1, 0.15) is 23.5 Å². The van der Waals surface area contributed by atoms with Crippen LogP contribution in [0.4, 0.5) is 10.2 Å². The minimum Gasteiger partial charge on any atom is -0.493 e. The van der Waals surface area contributed by atoms with Crippen molar-refractivity contribution in [3.05, 3.63) is 54.1 Å². The van der Waals surface area contributed by atoms with Gasteiger partial charge in [0.05, 0.1) is 14.2 Å². The highest BCUT2D eigenvalue weighted by atomic mass is 19.1. The smallest absolute Gasteiger partial charge is 0.160 e. The van der Waals surface area contributed by atoms with Gasteiger partial charge < -0.3 is 14.8 Å². The molecule has 1 aromatic heterocycles. The molecule has 1 N–H and O–H groups in total. The third kappa shape index (κ3) is 3.79. The molecule has 0 aliphatic rings. The monoisotopic (exact) mass is 341 g/mol. The average Bonchev–Trinajstić information content (AvgIpc) is 2.65. The summed E-state index contributed by atoms with van der Waals surface area (Å²) in [6.45, 7) is 0.719. The van der Waals surface area contributed by atoms with E-state index >= 15 is 0 Å². The summed E-state index contributed by atoms with van der Waals surface area (Å²) in [4.78, 5) is 8.22. The number of methoxy groups -OCH3 is 2. The Morgan fingerprint density at radius 2 is 1.88 bits per heavy atom. The van der Waals surface area contributed by atoms with Crippen LogP contribution in [0.3, 0.4) is 0 Å². The molecule has 3 rings (SSSR count). The molecule has 0 amide bonds. The van der Waals surface area contributed by atoms with E-state index in [1.54, 1.807) is 20.3 Å². The van der Waals surface area contributed by atoms with Crippen molar-refractivity contribution in [2.24, 2.45) is 0 Å². The second-order valence-corrected chi connectivity index (χ2v) is 5.58. The molecule has 0 bridgehead atoms. The minimum atomic E-state index is -0.340. The molecule has 0 saturated carbocycles. The van der Waals surface area contributed by atoms with Crippen LogP contribution >= 0.6 is 0 Å². The predicted molar refractivity (Wildman–Crippen MR) is 95.9 cm³/mol. The molecule has 5 nitrogen and oxygen atoms in total. The number of aromatic nitrogens is 2. The maximum atomic E-state index is 13.8. The van der Waals surface area contributed by atoms with Gasteiger partial charge in [0.15, 0.2) is 11.5 Å². The first-order valence-corrected chi connectivity index (χ1v) is 8.07. The zero-order valence-corrected chi connectivity index (χ0v) is 14.3. The standard InChI is InChI=1S/C19H20FN3O2/c1-24-16-9-8-13(11-17(16)25-2)5-4-10-21-19-14-6-3-7-15(20)18(14)22-12-23-19/h3,6-9,11-12H,4-5,10H2,1-2H3,(H,21,22,23). The van der Waals surface area contributed by atoms with Crippen molar-refractivity contribution in [2.75, 3.05) is 26.1 Å². The Hall–Kier alpha value is -2.89. The molecule has 0 atom stereocenters. The van der Waals surface area contributed by atoms with E-state index in [2.05, 4.69) is 15.3 Å². The van der Waals surface area contributed by atoms with Crippen LogP contribution in [0, 0.1) is 5.82 Å². The summed E-state index contributed by atoms with van der Waals surface area (Å²) < 4.78 is 24.3. The van der Waals surface area contributed by atoms with Crippen molar-refractivity contribution in [2.45, 2.75) is 12.8 Å². The summed E-state index contributed by atoms with van der Waals surface area (Å²) >= 11 is 0. The Bertz CT molecular complexity index is 870. The number of hydrogen-bond donors (Lipinski definition) is 1. The number of hydrogen-bond acceptors (Lipinski definition) is 5. The number of benzene rings is 2. The van der Waals surface area contributed by atoms with Gasteiger partial charge in [0, 0.05) is 11.9 Å². The Labute approximate surface area is 145 Å². The van der Waals surface area contributed by atoms with E-state index in [4.69, 9.17) is 9.47 Å². The van der Waals surface area contributed by atoms with Crippen LogP contribution in [0.5, 0.6) is 11.5 Å². The first kappa shape index (κ1) is 17.0. The van der Waals surface area contributed by atoms with Crippen LogP contribution in [0.2, 0.25) is 0 Å². The Balaban J connectivity index is 1.62. The second kappa shape index (κ2) is 7.79. The topological polar surface area (TPSA) is 56.3 Å². The van der Waals surface area contributed by atoms with Crippen molar-refractivity contribution in [1.29, 1.82) is 0 Å². The third-order valence-electron chi connectivity index (χ3n) is 4.00. The lowest BCUT2D eigenvalue weighted by Crippen LogP contribution is -2.06. The molecule has 2 aromatic carbocycles. The maximum Gasteiger partial charge on any atom is 0.160 e. The van der Waals surface area contributed by atoms with Gasteiger partial charge >= 0.3 is 0 Å². The van der Waals surface area contributed by atoms with Crippen molar-refractivity contribution in [1.82, 2.24) is 9.97 Å². The fourth-order valence-corrected chi connectivity index (χ4v) is 2.73. The molecule has 25 heavy (non-hydrogen) atoms. The van der Waals surface area contributed by atoms with E-state index in [1.165, 1.54) is 12.4 Å². The normalized spacial score (nSPS) is 10.7. The van der Waals surface area contributed by atoms with Gasteiger partial charge in [0.2, 0.25) is 0 Å². The van der Waals surface area contributed by atoms with E-state index in [9.17, 15) is 4.39 Å². The molecule has 0 aliphatic carbocycles. The van der Waals surface area contributed by atoms with E-state index < -0.39 is 0 Å². The highest BCUT2D eigenvalue weighted by Crippen LogP contribution is 2.28. The highest BCUT2D eigenvalue weighted by molar-refractivity contribution is 5.89. The van der Waals surface area contributed by atoms with Crippen LogP contribution < -0.4 is 14.8 Å². The fourth-order valence-electron chi connectivity index (χ4n) is 2.73. The van der Waals surface area contributed by atoms with E-state index in [-0.39, 0.29) is 5.82 Å². The van der Waals surface area contributed by atoms with E-state index in [1.807, 2.05) is 24.3 Å². The maximum absolute atomic E-state index is 13.8. The molecule has 0 aliphatic heterocycles. The summed E-state index contributed by atoms with van der Waals surface area (Å²) in [6.07, 6.45) is 3.16. The van der Waals surface area contributed by atoms with Gasteiger partial charge in [-0.1, -0.05) is 12.1 Å². The molecule has 3 aromatic rings. The van der Waals surface area contributed by atoms with Gasteiger partial charge in [-0.15, -0.1) is 0 Å². The lowest BCUT2D eigenvalue weighted by atomic mass is 10.1. The number of halogens is 1. The van der Waals surface area contributed by atoms with Crippen molar-refractivity contribution in [3.63, 3.8) is 0 Å². The molecule has 6 heteroatoms. The van der Waals surface area contributed by atoms with Crippen molar-refractivity contribution >= 4 is 16.7 Å². The summed E-state index contributed by atoms with van der Waals surface area (Å²) in [5.74, 6) is 1.76. The number of nitrogens with one attached hydrogen (secondary N) is 1. The number of para-hydroxylation sites is 1. The minimum absolute atomic E-state index is 0.333. The van der Waals surface area contributed by atoms with Crippen molar-refractivity contribution < 1.29 is 13.9 Å². The van der Waals surface area contributed by atoms with Crippen LogP contribution in [-0.4, -0.2) is 30.7 Å². The quantitative estimate of drug-likeness (QED) is 0.662. The van der Waals surface area contributed by atoms with E-state index in [0.29, 0.717) is 16.7 Å². The van der Waals surface area contributed by atoms with Gasteiger partial charge in [0.25, 0.3) is 0 Å². The molecule has 0 spiro atoms. The number of aryl methyl sites for hydroxylation is 1. The van der Waals surface area contributed by atoms with Crippen LogP contribution in [0.25, 0.3) is 10.9 Å². The number of fused-ring (bicyclic) bond motifs is 1. The zero-order chi connectivity index (χ0) is 17.6. The lowest BCUT2D eigenvalue weighted by molar-refractivity contribution is 0.354. The average molecular weight is 341 g/mol. The van der Waals surface area contributed by atoms with Crippen molar-refractivity contribution in [3.8, 4) is 11.5 Å². The van der Waals surface area contributed by atoms with Gasteiger partial charge in [-0.05, 0) is 42.7 Å². The first-order chi connectivity index (χ1) is 12.2. The zero-order valence-electron chi connectivity index (χ0n) is 14.3. The molecule has 0 radical (unpaired) electrons. The molecule has 0 unspecified atom stereocenters.